The number of unbranched alkanes of at least 4 members (excludes halogenated alkanes) is 1. The summed E-state index contributed by atoms with van der Waals surface area (Å²) in [7, 11) is 0. The van der Waals surface area contributed by atoms with Crippen molar-refractivity contribution in [3.05, 3.63) is 82.4 Å². The van der Waals surface area contributed by atoms with Gasteiger partial charge in [0.25, 0.3) is 5.69 Å². The van der Waals surface area contributed by atoms with Crippen molar-refractivity contribution in [1.29, 1.82) is 0 Å². The largest absolute Gasteiger partial charge is 0.303 e. The zero-order valence-electron chi connectivity index (χ0n) is 14.7. The minimum absolute atomic E-state index is 0.116. The van der Waals surface area contributed by atoms with Gasteiger partial charge in [-0.1, -0.05) is 49.7 Å². The summed E-state index contributed by atoms with van der Waals surface area (Å²) < 4.78 is 2.01. The highest BCUT2D eigenvalue weighted by Gasteiger charge is 2.19. The maximum Gasteiger partial charge on any atom is 0.293 e. The number of hydrogen-bond donors (Lipinski definition) is 0. The van der Waals surface area contributed by atoms with Crippen LogP contribution in [-0.4, -0.2) is 9.49 Å². The van der Waals surface area contributed by atoms with E-state index in [1.807, 2.05) is 34.9 Å². The van der Waals surface area contributed by atoms with E-state index in [0.29, 0.717) is 5.69 Å². The fourth-order valence-electron chi connectivity index (χ4n) is 3.62. The Kier molecular flexibility index (Phi) is 4.17. The molecule has 4 nitrogen and oxygen atoms in total. The van der Waals surface area contributed by atoms with E-state index in [0.717, 1.165) is 41.1 Å². The van der Waals surface area contributed by atoms with Crippen LogP contribution < -0.4 is 0 Å². The van der Waals surface area contributed by atoms with Crippen LogP contribution in [0.1, 0.15) is 25.3 Å². The minimum atomic E-state index is -0.314. The summed E-state index contributed by atoms with van der Waals surface area (Å²) in [6, 6.07) is 21.5. The molecule has 0 saturated heterocycles. The maximum atomic E-state index is 11.6. The summed E-state index contributed by atoms with van der Waals surface area (Å²) in [6.07, 6.45) is 3.38. The molecular weight excluding hydrogens is 324 g/mol. The topological polar surface area (TPSA) is 48.1 Å². The Hall–Kier alpha value is -3.14. The molecule has 0 spiro atoms. The van der Waals surface area contributed by atoms with Gasteiger partial charge in [0.2, 0.25) is 0 Å². The van der Waals surface area contributed by atoms with Crippen LogP contribution in [0, 0.1) is 10.1 Å². The summed E-state index contributed by atoms with van der Waals surface area (Å²) in [5.41, 5.74) is 4.02. The SMILES string of the molecule is CCCCc1ccc2c(c1)c1ccccc1n2-c1ccccc1[N+](=O)[O-]. The van der Waals surface area contributed by atoms with Gasteiger partial charge in [0.1, 0.15) is 5.69 Å². The predicted molar refractivity (Wildman–Crippen MR) is 106 cm³/mol. The van der Waals surface area contributed by atoms with Crippen molar-refractivity contribution >= 4 is 27.5 Å². The van der Waals surface area contributed by atoms with E-state index in [1.165, 1.54) is 5.56 Å². The van der Waals surface area contributed by atoms with Crippen molar-refractivity contribution in [2.75, 3.05) is 0 Å². The van der Waals surface area contributed by atoms with Gasteiger partial charge in [-0.15, -0.1) is 0 Å². The molecule has 130 valence electrons. The molecule has 4 aromatic rings. The summed E-state index contributed by atoms with van der Waals surface area (Å²) in [4.78, 5) is 11.2. The minimum Gasteiger partial charge on any atom is -0.303 e. The van der Waals surface area contributed by atoms with E-state index in [1.54, 1.807) is 12.1 Å². The molecule has 4 rings (SSSR count). The third-order valence-electron chi connectivity index (χ3n) is 4.88. The molecule has 0 atom stereocenters. The molecule has 1 aromatic heterocycles. The van der Waals surface area contributed by atoms with Gasteiger partial charge in [0.05, 0.1) is 16.0 Å². The van der Waals surface area contributed by atoms with Crippen LogP contribution in [0.5, 0.6) is 0 Å². The third kappa shape index (κ3) is 2.64. The Morgan fingerprint density at radius 3 is 2.46 bits per heavy atom. The number of para-hydroxylation sites is 3. The summed E-state index contributed by atoms with van der Waals surface area (Å²) in [5.74, 6) is 0. The molecule has 26 heavy (non-hydrogen) atoms. The van der Waals surface area contributed by atoms with E-state index in [-0.39, 0.29) is 10.6 Å². The molecule has 0 N–H and O–H groups in total. The average Bonchev–Trinajstić information content (AvgIpc) is 3.00. The van der Waals surface area contributed by atoms with Crippen LogP contribution in [0.3, 0.4) is 0 Å². The molecule has 0 aliphatic rings. The second kappa shape index (κ2) is 6.64. The Morgan fingerprint density at radius 1 is 0.923 bits per heavy atom. The van der Waals surface area contributed by atoms with E-state index < -0.39 is 0 Å². The summed E-state index contributed by atoms with van der Waals surface area (Å²) in [5, 5.41) is 13.8. The second-order valence-electron chi connectivity index (χ2n) is 6.55. The number of aromatic nitrogens is 1. The highest BCUT2D eigenvalue weighted by Crippen LogP contribution is 2.35. The standard InChI is InChI=1S/C22H20N2O2/c1-2-3-8-16-13-14-20-18(15-16)17-9-4-5-10-19(17)23(20)21-11-6-7-12-22(21)24(25)26/h4-7,9-15H,2-3,8H2,1H3. The van der Waals surface area contributed by atoms with Crippen molar-refractivity contribution < 1.29 is 4.92 Å². The van der Waals surface area contributed by atoms with Crippen molar-refractivity contribution in [1.82, 2.24) is 4.57 Å². The maximum absolute atomic E-state index is 11.6. The average molecular weight is 344 g/mol. The van der Waals surface area contributed by atoms with Gasteiger partial charge in [-0.25, -0.2) is 0 Å². The predicted octanol–water partition coefficient (Wildman–Crippen LogP) is 6.03. The lowest BCUT2D eigenvalue weighted by Crippen LogP contribution is -1.99. The lowest BCUT2D eigenvalue weighted by Gasteiger charge is -2.08. The van der Waals surface area contributed by atoms with Crippen LogP contribution >= 0.6 is 0 Å². The third-order valence-corrected chi connectivity index (χ3v) is 4.88. The monoisotopic (exact) mass is 344 g/mol. The molecule has 3 aromatic carbocycles. The van der Waals surface area contributed by atoms with Crippen LogP contribution in [0.2, 0.25) is 0 Å². The van der Waals surface area contributed by atoms with Gasteiger partial charge in [0, 0.05) is 16.8 Å². The normalized spacial score (nSPS) is 11.3. The van der Waals surface area contributed by atoms with Crippen LogP contribution in [0.25, 0.3) is 27.5 Å². The molecule has 0 amide bonds. The van der Waals surface area contributed by atoms with Crippen molar-refractivity contribution in [2.45, 2.75) is 26.2 Å². The Labute approximate surface area is 151 Å². The summed E-state index contributed by atoms with van der Waals surface area (Å²) >= 11 is 0. The summed E-state index contributed by atoms with van der Waals surface area (Å²) in [6.45, 7) is 2.19. The van der Waals surface area contributed by atoms with Crippen LogP contribution in [-0.2, 0) is 6.42 Å². The van der Waals surface area contributed by atoms with Crippen LogP contribution in [0.15, 0.2) is 66.7 Å². The zero-order valence-corrected chi connectivity index (χ0v) is 14.7. The highest BCUT2D eigenvalue weighted by molar-refractivity contribution is 6.09. The fourth-order valence-corrected chi connectivity index (χ4v) is 3.62. The van der Waals surface area contributed by atoms with E-state index >= 15 is 0 Å². The number of nitrogens with zero attached hydrogens (tertiary/aromatic N) is 2. The first-order valence-corrected chi connectivity index (χ1v) is 8.96. The Bertz CT molecular complexity index is 1110. The van der Waals surface area contributed by atoms with Gasteiger partial charge >= 0.3 is 0 Å². The molecule has 0 unspecified atom stereocenters. The molecular formula is C22H20N2O2. The lowest BCUT2D eigenvalue weighted by atomic mass is 10.0. The second-order valence-corrected chi connectivity index (χ2v) is 6.55. The first-order chi connectivity index (χ1) is 12.7. The van der Waals surface area contributed by atoms with Gasteiger partial charge < -0.3 is 4.57 Å². The molecule has 0 bridgehead atoms. The van der Waals surface area contributed by atoms with Crippen molar-refractivity contribution in [3.8, 4) is 5.69 Å². The molecule has 0 saturated carbocycles. The number of fused-ring (bicyclic) bond motifs is 3. The number of aryl methyl sites for hydroxylation is 1. The number of rotatable bonds is 5. The first kappa shape index (κ1) is 16.3. The molecule has 0 fully saturated rings. The molecule has 0 aliphatic carbocycles. The van der Waals surface area contributed by atoms with Crippen LogP contribution in [0.4, 0.5) is 5.69 Å². The fraction of sp³-hybridized carbons (Fsp3) is 0.182. The number of benzene rings is 3. The molecule has 0 aliphatic heterocycles. The molecule has 0 radical (unpaired) electrons. The number of nitro groups is 1. The zero-order chi connectivity index (χ0) is 18.1. The van der Waals surface area contributed by atoms with Gasteiger partial charge in [-0.3, -0.25) is 10.1 Å². The number of nitro benzene ring substituents is 1. The number of hydrogen-bond acceptors (Lipinski definition) is 2. The smallest absolute Gasteiger partial charge is 0.293 e. The van der Waals surface area contributed by atoms with Crippen molar-refractivity contribution in [3.63, 3.8) is 0 Å². The molecule has 4 heteroatoms. The Morgan fingerprint density at radius 2 is 1.65 bits per heavy atom. The van der Waals surface area contributed by atoms with E-state index in [4.69, 9.17) is 0 Å². The Balaban J connectivity index is 2.04. The van der Waals surface area contributed by atoms with Gasteiger partial charge in [-0.05, 0) is 42.7 Å². The molecule has 1 heterocycles. The first-order valence-electron chi connectivity index (χ1n) is 8.96. The quantitative estimate of drug-likeness (QED) is 0.327. The lowest BCUT2D eigenvalue weighted by molar-refractivity contribution is -0.384. The van der Waals surface area contributed by atoms with Gasteiger partial charge in [-0.2, -0.15) is 0 Å². The van der Waals surface area contributed by atoms with Crippen molar-refractivity contribution in [2.24, 2.45) is 0 Å². The highest BCUT2D eigenvalue weighted by atomic mass is 16.6. The van der Waals surface area contributed by atoms with E-state index in [2.05, 4.69) is 31.2 Å². The van der Waals surface area contributed by atoms with E-state index in [9.17, 15) is 10.1 Å². The van der Waals surface area contributed by atoms with Gasteiger partial charge in [0.15, 0.2) is 0 Å².